The molecule has 0 amide bonds. The topological polar surface area (TPSA) is 63.5 Å². The maximum Gasteiger partial charge on any atom is 0.189 e. The number of hydrogen-bond acceptors (Lipinski definition) is 2. The summed E-state index contributed by atoms with van der Waals surface area (Å²) < 4.78 is 5.65. The first-order valence-corrected chi connectivity index (χ1v) is 6.31. The quantitative estimate of drug-likeness (QED) is 0.483. The van der Waals surface area contributed by atoms with E-state index in [1.54, 1.807) is 0 Å². The average Bonchev–Trinajstić information content (AvgIpc) is 2.79. The van der Waals surface area contributed by atoms with Crippen LogP contribution in [0, 0.1) is 0 Å². The predicted octanol–water partition coefficient (Wildman–Crippen LogP) is 2.64. The van der Waals surface area contributed by atoms with E-state index < -0.39 is 0 Å². The molecule has 2 rings (SSSR count). The molecule has 0 aliphatic carbocycles. The number of aliphatic imine (C=N–C) groups is 1. The van der Waals surface area contributed by atoms with Crippen molar-refractivity contribution in [3.05, 3.63) is 36.1 Å². The number of furan rings is 1. The number of para-hydroxylation sites is 1. The molecule has 0 atom stereocenters. The normalized spacial score (nSPS) is 11.9. The highest BCUT2D eigenvalue weighted by atomic mass is 16.3. The summed E-state index contributed by atoms with van der Waals surface area (Å²) in [7, 11) is 0. The van der Waals surface area contributed by atoms with Crippen molar-refractivity contribution < 1.29 is 4.42 Å². The fourth-order valence-corrected chi connectivity index (χ4v) is 1.73. The first-order chi connectivity index (χ1) is 8.79. The van der Waals surface area contributed by atoms with Crippen LogP contribution in [0.25, 0.3) is 11.0 Å². The van der Waals surface area contributed by atoms with Crippen LogP contribution in [0.4, 0.5) is 0 Å². The third-order valence-corrected chi connectivity index (χ3v) is 2.72. The van der Waals surface area contributed by atoms with Gasteiger partial charge in [-0.25, -0.2) is 4.99 Å². The Morgan fingerprint density at radius 2 is 2.22 bits per heavy atom. The number of hydrogen-bond donors (Lipinski definition) is 2. The molecule has 0 saturated heterocycles. The summed E-state index contributed by atoms with van der Waals surface area (Å²) in [5.74, 6) is 1.31. The standard InChI is InChI=1S/C14H19N3O/c1-2-3-8-16-14(15)17-10-12-9-11-6-4-5-7-13(11)18-12/h4-7,9H,2-3,8,10H2,1H3,(H3,15,16,17). The number of nitrogens with zero attached hydrogens (tertiary/aromatic N) is 1. The first kappa shape index (κ1) is 12.5. The molecule has 0 unspecified atom stereocenters. The monoisotopic (exact) mass is 245 g/mol. The highest BCUT2D eigenvalue weighted by Gasteiger charge is 2.01. The summed E-state index contributed by atoms with van der Waals surface area (Å²) in [6, 6.07) is 9.92. The van der Waals surface area contributed by atoms with E-state index in [2.05, 4.69) is 17.2 Å². The van der Waals surface area contributed by atoms with Crippen LogP contribution in [0.3, 0.4) is 0 Å². The zero-order valence-electron chi connectivity index (χ0n) is 10.6. The van der Waals surface area contributed by atoms with Crippen molar-refractivity contribution >= 4 is 16.9 Å². The molecule has 18 heavy (non-hydrogen) atoms. The molecule has 4 heteroatoms. The van der Waals surface area contributed by atoms with Gasteiger partial charge >= 0.3 is 0 Å². The van der Waals surface area contributed by atoms with Crippen LogP contribution in [0.1, 0.15) is 25.5 Å². The van der Waals surface area contributed by atoms with Crippen molar-refractivity contribution in [2.45, 2.75) is 26.3 Å². The Morgan fingerprint density at radius 3 is 3.00 bits per heavy atom. The number of unbranched alkanes of at least 4 members (excludes halogenated alkanes) is 1. The maximum atomic E-state index is 5.75. The zero-order chi connectivity index (χ0) is 12.8. The fourth-order valence-electron chi connectivity index (χ4n) is 1.73. The van der Waals surface area contributed by atoms with Crippen molar-refractivity contribution in [2.24, 2.45) is 10.7 Å². The SMILES string of the molecule is CCCCNC(N)=NCc1cc2ccccc2o1. The number of benzene rings is 1. The Balaban J connectivity index is 1.94. The molecule has 0 fully saturated rings. The van der Waals surface area contributed by atoms with Crippen LogP contribution >= 0.6 is 0 Å². The van der Waals surface area contributed by atoms with E-state index in [9.17, 15) is 0 Å². The molecule has 2 aromatic rings. The van der Waals surface area contributed by atoms with Crippen molar-refractivity contribution in [2.75, 3.05) is 6.54 Å². The minimum atomic E-state index is 0.472. The van der Waals surface area contributed by atoms with E-state index in [0.29, 0.717) is 12.5 Å². The Labute approximate surface area is 107 Å². The lowest BCUT2D eigenvalue weighted by molar-refractivity contribution is 0.552. The lowest BCUT2D eigenvalue weighted by Gasteiger charge is -2.03. The van der Waals surface area contributed by atoms with E-state index in [1.807, 2.05) is 30.3 Å². The van der Waals surface area contributed by atoms with Crippen LogP contribution in [-0.2, 0) is 6.54 Å². The third-order valence-electron chi connectivity index (χ3n) is 2.72. The maximum absolute atomic E-state index is 5.75. The fraction of sp³-hybridized carbons (Fsp3) is 0.357. The summed E-state index contributed by atoms with van der Waals surface area (Å²) in [4.78, 5) is 4.25. The summed E-state index contributed by atoms with van der Waals surface area (Å²) in [6.07, 6.45) is 2.24. The smallest absolute Gasteiger partial charge is 0.189 e. The second-order valence-corrected chi connectivity index (χ2v) is 4.23. The number of nitrogens with one attached hydrogen (secondary N) is 1. The van der Waals surface area contributed by atoms with Crippen molar-refractivity contribution in [1.29, 1.82) is 0 Å². The van der Waals surface area contributed by atoms with Gasteiger partial charge < -0.3 is 15.5 Å². The van der Waals surface area contributed by atoms with Gasteiger partial charge in [0.15, 0.2) is 5.96 Å². The van der Waals surface area contributed by atoms with Gasteiger partial charge in [-0.1, -0.05) is 31.5 Å². The van der Waals surface area contributed by atoms with Crippen LogP contribution in [0.5, 0.6) is 0 Å². The minimum absolute atomic E-state index is 0.472. The lowest BCUT2D eigenvalue weighted by atomic mass is 10.2. The molecule has 1 heterocycles. The third kappa shape index (κ3) is 3.26. The molecule has 0 saturated carbocycles. The summed E-state index contributed by atoms with van der Waals surface area (Å²) in [5, 5.41) is 4.17. The molecule has 3 N–H and O–H groups in total. The number of nitrogens with two attached hydrogens (primary N) is 1. The second kappa shape index (κ2) is 6.10. The largest absolute Gasteiger partial charge is 0.459 e. The molecule has 0 spiro atoms. The van der Waals surface area contributed by atoms with Gasteiger partial charge in [-0.3, -0.25) is 0 Å². The van der Waals surface area contributed by atoms with Crippen LogP contribution < -0.4 is 11.1 Å². The molecular formula is C14H19N3O. The molecule has 0 aliphatic heterocycles. The first-order valence-electron chi connectivity index (χ1n) is 6.31. The molecule has 4 nitrogen and oxygen atoms in total. The highest BCUT2D eigenvalue weighted by Crippen LogP contribution is 2.19. The van der Waals surface area contributed by atoms with Gasteiger partial charge in [0.1, 0.15) is 17.9 Å². The molecule has 1 aromatic heterocycles. The zero-order valence-corrected chi connectivity index (χ0v) is 10.6. The molecule has 0 radical (unpaired) electrons. The van der Waals surface area contributed by atoms with E-state index in [1.165, 1.54) is 0 Å². The van der Waals surface area contributed by atoms with Gasteiger partial charge in [-0.15, -0.1) is 0 Å². The molecule has 1 aromatic carbocycles. The van der Waals surface area contributed by atoms with E-state index in [0.717, 1.165) is 36.1 Å². The number of rotatable bonds is 5. The van der Waals surface area contributed by atoms with Gasteiger partial charge in [-0.2, -0.15) is 0 Å². The summed E-state index contributed by atoms with van der Waals surface area (Å²) in [5.41, 5.74) is 6.64. The van der Waals surface area contributed by atoms with Crippen LogP contribution in [0.15, 0.2) is 39.7 Å². The van der Waals surface area contributed by atoms with E-state index in [-0.39, 0.29) is 0 Å². The lowest BCUT2D eigenvalue weighted by Crippen LogP contribution is -2.32. The Morgan fingerprint density at radius 1 is 1.39 bits per heavy atom. The van der Waals surface area contributed by atoms with Gasteiger partial charge in [-0.05, 0) is 18.6 Å². The molecule has 0 aliphatic rings. The van der Waals surface area contributed by atoms with Crippen molar-refractivity contribution in [3.8, 4) is 0 Å². The van der Waals surface area contributed by atoms with Crippen molar-refractivity contribution in [1.82, 2.24) is 5.32 Å². The highest BCUT2D eigenvalue weighted by molar-refractivity contribution is 5.79. The molecular weight excluding hydrogens is 226 g/mol. The summed E-state index contributed by atoms with van der Waals surface area (Å²) in [6.45, 7) is 3.48. The average molecular weight is 245 g/mol. The molecule has 96 valence electrons. The minimum Gasteiger partial charge on any atom is -0.459 e. The Kier molecular flexibility index (Phi) is 4.23. The van der Waals surface area contributed by atoms with Gasteiger partial charge in [0.2, 0.25) is 0 Å². The van der Waals surface area contributed by atoms with Gasteiger partial charge in [0.05, 0.1) is 0 Å². The van der Waals surface area contributed by atoms with E-state index in [4.69, 9.17) is 10.2 Å². The predicted molar refractivity (Wildman–Crippen MR) is 74.5 cm³/mol. The Hall–Kier alpha value is -1.97. The van der Waals surface area contributed by atoms with Crippen molar-refractivity contribution in [3.63, 3.8) is 0 Å². The Bertz CT molecular complexity index is 498. The number of fused-ring (bicyclic) bond motifs is 1. The second-order valence-electron chi connectivity index (χ2n) is 4.23. The van der Waals surface area contributed by atoms with E-state index >= 15 is 0 Å². The van der Waals surface area contributed by atoms with Crippen LogP contribution in [0.2, 0.25) is 0 Å². The van der Waals surface area contributed by atoms with Crippen LogP contribution in [-0.4, -0.2) is 12.5 Å². The van der Waals surface area contributed by atoms with Gasteiger partial charge in [0.25, 0.3) is 0 Å². The molecule has 0 bridgehead atoms. The number of guanidine groups is 1. The summed E-state index contributed by atoms with van der Waals surface area (Å²) >= 11 is 0. The van der Waals surface area contributed by atoms with Gasteiger partial charge in [0, 0.05) is 11.9 Å².